The van der Waals surface area contributed by atoms with Gasteiger partial charge in [-0.05, 0) is 37.9 Å². The third-order valence-electron chi connectivity index (χ3n) is 3.36. The van der Waals surface area contributed by atoms with E-state index in [9.17, 15) is 13.2 Å². The van der Waals surface area contributed by atoms with Crippen molar-refractivity contribution in [2.45, 2.75) is 42.2 Å². The highest BCUT2D eigenvalue weighted by Crippen LogP contribution is 2.30. The molecule has 1 aromatic carbocycles. The SMILES string of the molecule is CCCS(=O)(=O)c1ccccc1SC(C)C(=O)NCC(C)CN. The van der Waals surface area contributed by atoms with Gasteiger partial charge in [-0.1, -0.05) is 26.0 Å². The standard InChI is InChI=1S/C16H26N2O3S2/c1-4-9-23(20,21)15-8-6-5-7-14(15)22-13(3)16(19)18-11-12(2)10-17/h5-8,12-13H,4,9-11,17H2,1-3H3,(H,18,19). The molecule has 7 heteroatoms. The molecule has 23 heavy (non-hydrogen) atoms. The topological polar surface area (TPSA) is 89.3 Å². The summed E-state index contributed by atoms with van der Waals surface area (Å²) in [7, 11) is -3.31. The molecule has 0 spiro atoms. The van der Waals surface area contributed by atoms with E-state index in [1.165, 1.54) is 11.8 Å². The number of nitrogens with one attached hydrogen (secondary N) is 1. The molecule has 0 saturated carbocycles. The molecule has 0 aromatic heterocycles. The van der Waals surface area contributed by atoms with E-state index in [2.05, 4.69) is 5.32 Å². The van der Waals surface area contributed by atoms with Crippen LogP contribution in [0.4, 0.5) is 0 Å². The predicted molar refractivity (Wildman–Crippen MR) is 95.3 cm³/mol. The first-order valence-corrected chi connectivity index (χ1v) is 10.3. The number of nitrogens with two attached hydrogens (primary N) is 1. The summed E-state index contributed by atoms with van der Waals surface area (Å²) in [5.74, 6) is 0.213. The van der Waals surface area contributed by atoms with Crippen molar-refractivity contribution in [3.63, 3.8) is 0 Å². The van der Waals surface area contributed by atoms with Crippen molar-refractivity contribution in [2.24, 2.45) is 11.7 Å². The van der Waals surface area contributed by atoms with Gasteiger partial charge in [0.15, 0.2) is 9.84 Å². The molecular formula is C16H26N2O3S2. The van der Waals surface area contributed by atoms with Crippen LogP contribution in [0.5, 0.6) is 0 Å². The van der Waals surface area contributed by atoms with Gasteiger partial charge in [0.05, 0.1) is 15.9 Å². The average Bonchev–Trinajstić information content (AvgIpc) is 2.52. The Hall–Kier alpha value is -1.05. The zero-order valence-electron chi connectivity index (χ0n) is 13.9. The summed E-state index contributed by atoms with van der Waals surface area (Å²) in [4.78, 5) is 13.1. The molecule has 1 aromatic rings. The number of rotatable bonds is 9. The van der Waals surface area contributed by atoms with E-state index in [-0.39, 0.29) is 22.8 Å². The molecule has 0 bridgehead atoms. The van der Waals surface area contributed by atoms with Gasteiger partial charge in [-0.3, -0.25) is 4.79 Å². The van der Waals surface area contributed by atoms with Gasteiger partial charge in [0.25, 0.3) is 0 Å². The molecule has 2 unspecified atom stereocenters. The molecule has 0 heterocycles. The van der Waals surface area contributed by atoms with Crippen LogP contribution in [-0.2, 0) is 14.6 Å². The fraction of sp³-hybridized carbons (Fsp3) is 0.562. The Morgan fingerprint density at radius 2 is 1.96 bits per heavy atom. The maximum atomic E-state index is 12.3. The van der Waals surface area contributed by atoms with Gasteiger partial charge in [-0.15, -0.1) is 11.8 Å². The van der Waals surface area contributed by atoms with Gasteiger partial charge < -0.3 is 11.1 Å². The van der Waals surface area contributed by atoms with E-state index in [1.54, 1.807) is 31.2 Å². The summed E-state index contributed by atoms with van der Waals surface area (Å²) >= 11 is 1.27. The quantitative estimate of drug-likeness (QED) is 0.660. The van der Waals surface area contributed by atoms with E-state index < -0.39 is 9.84 Å². The Bertz CT molecular complexity index is 618. The minimum absolute atomic E-state index is 0.110. The van der Waals surface area contributed by atoms with Crippen LogP contribution in [0.3, 0.4) is 0 Å². The van der Waals surface area contributed by atoms with E-state index >= 15 is 0 Å². The van der Waals surface area contributed by atoms with Crippen molar-refractivity contribution < 1.29 is 13.2 Å². The van der Waals surface area contributed by atoms with Crippen LogP contribution in [-0.4, -0.2) is 38.4 Å². The summed E-state index contributed by atoms with van der Waals surface area (Å²) in [6.45, 7) is 6.61. The lowest BCUT2D eigenvalue weighted by atomic mass is 10.2. The number of hydrogen-bond donors (Lipinski definition) is 2. The summed E-state index contributed by atoms with van der Waals surface area (Å²) < 4.78 is 24.7. The number of sulfone groups is 1. The van der Waals surface area contributed by atoms with Crippen LogP contribution < -0.4 is 11.1 Å². The van der Waals surface area contributed by atoms with Crippen LogP contribution in [0.2, 0.25) is 0 Å². The molecule has 1 rings (SSSR count). The second-order valence-electron chi connectivity index (χ2n) is 5.61. The van der Waals surface area contributed by atoms with Crippen LogP contribution in [0.25, 0.3) is 0 Å². The van der Waals surface area contributed by atoms with Crippen molar-refractivity contribution in [2.75, 3.05) is 18.8 Å². The lowest BCUT2D eigenvalue weighted by Crippen LogP contribution is -2.35. The van der Waals surface area contributed by atoms with E-state index in [0.717, 1.165) is 0 Å². The zero-order valence-corrected chi connectivity index (χ0v) is 15.5. The molecule has 3 N–H and O–H groups in total. The van der Waals surface area contributed by atoms with Gasteiger partial charge in [0, 0.05) is 11.4 Å². The minimum atomic E-state index is -3.31. The highest BCUT2D eigenvalue weighted by atomic mass is 32.2. The van der Waals surface area contributed by atoms with E-state index in [1.807, 2.05) is 13.8 Å². The normalized spacial score (nSPS) is 14.3. The molecular weight excluding hydrogens is 332 g/mol. The summed E-state index contributed by atoms with van der Waals surface area (Å²) in [5.41, 5.74) is 5.53. The fourth-order valence-corrected chi connectivity index (χ4v) is 4.78. The first-order valence-electron chi connectivity index (χ1n) is 7.78. The molecule has 0 radical (unpaired) electrons. The Balaban J connectivity index is 2.83. The summed E-state index contributed by atoms with van der Waals surface area (Å²) in [6.07, 6.45) is 0.564. The molecule has 2 atom stereocenters. The van der Waals surface area contributed by atoms with Gasteiger partial charge in [0.1, 0.15) is 0 Å². The predicted octanol–water partition coefficient (Wildman–Crippen LogP) is 2.06. The summed E-state index contributed by atoms with van der Waals surface area (Å²) in [6, 6.07) is 6.85. The highest BCUT2D eigenvalue weighted by Gasteiger charge is 2.21. The van der Waals surface area contributed by atoms with Gasteiger partial charge in [-0.2, -0.15) is 0 Å². The van der Waals surface area contributed by atoms with Crippen LogP contribution in [0, 0.1) is 5.92 Å². The van der Waals surface area contributed by atoms with Crippen LogP contribution in [0.1, 0.15) is 27.2 Å². The average molecular weight is 359 g/mol. The van der Waals surface area contributed by atoms with E-state index in [4.69, 9.17) is 5.73 Å². The van der Waals surface area contributed by atoms with Gasteiger partial charge >= 0.3 is 0 Å². The lowest BCUT2D eigenvalue weighted by Gasteiger charge is -2.16. The number of carbonyl (C=O) groups is 1. The number of amides is 1. The molecule has 0 saturated heterocycles. The number of hydrogen-bond acceptors (Lipinski definition) is 5. The van der Waals surface area contributed by atoms with Crippen molar-refractivity contribution in [3.8, 4) is 0 Å². The Kier molecular flexibility index (Phi) is 8.08. The third kappa shape index (κ3) is 6.16. The van der Waals surface area contributed by atoms with E-state index in [0.29, 0.717) is 29.3 Å². The van der Waals surface area contributed by atoms with Gasteiger partial charge in [-0.25, -0.2) is 8.42 Å². The third-order valence-corrected chi connectivity index (χ3v) is 6.64. The minimum Gasteiger partial charge on any atom is -0.355 e. The number of thioether (sulfide) groups is 1. The largest absolute Gasteiger partial charge is 0.355 e. The molecule has 0 aliphatic heterocycles. The number of benzene rings is 1. The maximum absolute atomic E-state index is 12.3. The Morgan fingerprint density at radius 3 is 2.57 bits per heavy atom. The molecule has 0 fully saturated rings. The summed E-state index contributed by atoms with van der Waals surface area (Å²) in [5, 5.41) is 2.47. The van der Waals surface area contributed by atoms with Crippen molar-refractivity contribution in [1.29, 1.82) is 0 Å². The van der Waals surface area contributed by atoms with Crippen LogP contribution in [0.15, 0.2) is 34.1 Å². The lowest BCUT2D eigenvalue weighted by molar-refractivity contribution is -0.120. The molecule has 1 amide bonds. The van der Waals surface area contributed by atoms with Crippen molar-refractivity contribution in [3.05, 3.63) is 24.3 Å². The Labute approximate surface area is 143 Å². The molecule has 0 aliphatic rings. The molecule has 5 nitrogen and oxygen atoms in total. The number of carbonyl (C=O) groups excluding carboxylic acids is 1. The molecule has 130 valence electrons. The fourth-order valence-electron chi connectivity index (χ4n) is 1.93. The zero-order chi connectivity index (χ0) is 17.5. The first kappa shape index (κ1) is 20.0. The Morgan fingerprint density at radius 1 is 1.30 bits per heavy atom. The monoisotopic (exact) mass is 358 g/mol. The maximum Gasteiger partial charge on any atom is 0.233 e. The smallest absolute Gasteiger partial charge is 0.233 e. The second kappa shape index (κ2) is 9.30. The van der Waals surface area contributed by atoms with Crippen molar-refractivity contribution in [1.82, 2.24) is 5.32 Å². The second-order valence-corrected chi connectivity index (χ2v) is 9.07. The van der Waals surface area contributed by atoms with Crippen molar-refractivity contribution >= 4 is 27.5 Å². The van der Waals surface area contributed by atoms with Crippen LogP contribution >= 0.6 is 11.8 Å². The van der Waals surface area contributed by atoms with Gasteiger partial charge in [0.2, 0.25) is 5.91 Å². The first-order chi connectivity index (χ1) is 10.8. The molecule has 0 aliphatic carbocycles. The highest BCUT2D eigenvalue weighted by molar-refractivity contribution is 8.01.